The van der Waals surface area contributed by atoms with Crippen molar-refractivity contribution in [1.82, 2.24) is 9.78 Å². The summed E-state index contributed by atoms with van der Waals surface area (Å²) in [6, 6.07) is 8.74. The van der Waals surface area contributed by atoms with Crippen molar-refractivity contribution in [3.05, 3.63) is 41.6 Å². The van der Waals surface area contributed by atoms with Gasteiger partial charge in [0.25, 0.3) is 0 Å². The van der Waals surface area contributed by atoms with Crippen molar-refractivity contribution in [1.29, 1.82) is 0 Å². The molecular weight excluding hydrogens is 250 g/mol. The predicted molar refractivity (Wildman–Crippen MR) is 77.8 cm³/mol. The summed E-state index contributed by atoms with van der Waals surface area (Å²) in [6.45, 7) is 2.66. The van der Waals surface area contributed by atoms with E-state index in [-0.39, 0.29) is 5.54 Å². The summed E-state index contributed by atoms with van der Waals surface area (Å²) in [4.78, 5) is 4.72. The van der Waals surface area contributed by atoms with Gasteiger partial charge < -0.3 is 4.74 Å². The number of aromatic nitrogens is 2. The molecule has 0 saturated heterocycles. The van der Waals surface area contributed by atoms with Crippen LogP contribution in [-0.4, -0.2) is 27.8 Å². The molecule has 0 fully saturated rings. The van der Waals surface area contributed by atoms with Crippen molar-refractivity contribution in [3.63, 3.8) is 0 Å². The molecule has 2 aliphatic rings. The molecular formula is C16H17N3O. The lowest BCUT2D eigenvalue weighted by molar-refractivity contribution is 0.259. The van der Waals surface area contributed by atoms with Crippen molar-refractivity contribution in [3.8, 4) is 11.3 Å². The normalized spacial score (nSPS) is 23.8. The molecule has 4 nitrogen and oxygen atoms in total. The Morgan fingerprint density at radius 3 is 2.75 bits per heavy atom. The van der Waals surface area contributed by atoms with Crippen LogP contribution in [0.3, 0.4) is 0 Å². The highest BCUT2D eigenvalue weighted by Crippen LogP contribution is 2.37. The molecule has 2 aromatic rings. The van der Waals surface area contributed by atoms with E-state index < -0.39 is 0 Å². The van der Waals surface area contributed by atoms with Gasteiger partial charge in [-0.2, -0.15) is 5.10 Å². The first kappa shape index (κ1) is 11.7. The fourth-order valence-corrected chi connectivity index (χ4v) is 3.37. The maximum absolute atomic E-state index is 5.58. The molecule has 0 amide bonds. The summed E-state index contributed by atoms with van der Waals surface area (Å²) in [7, 11) is 1.97. The molecule has 1 unspecified atom stereocenters. The number of hydrogen-bond acceptors (Lipinski definition) is 3. The Bertz CT molecular complexity index is 716. The van der Waals surface area contributed by atoms with Gasteiger partial charge in [-0.05, 0) is 23.3 Å². The molecule has 1 aromatic heterocycles. The Labute approximate surface area is 118 Å². The number of hydrogen-bond donors (Lipinski definition) is 0. The SMILES string of the molecule is CC1=NC2(CO1)Cc1ccc(-c3ccnn3C)cc1C2. The van der Waals surface area contributed by atoms with Crippen molar-refractivity contribution < 1.29 is 4.74 Å². The fourth-order valence-electron chi connectivity index (χ4n) is 3.37. The van der Waals surface area contributed by atoms with Gasteiger partial charge in [0.15, 0.2) is 5.90 Å². The maximum atomic E-state index is 5.58. The lowest BCUT2D eigenvalue weighted by Gasteiger charge is -2.15. The van der Waals surface area contributed by atoms with Crippen LogP contribution in [0.5, 0.6) is 0 Å². The second kappa shape index (κ2) is 3.95. The molecule has 20 heavy (non-hydrogen) atoms. The highest BCUT2D eigenvalue weighted by atomic mass is 16.5. The van der Waals surface area contributed by atoms with Crippen LogP contribution in [0.15, 0.2) is 35.5 Å². The first-order valence-corrected chi connectivity index (χ1v) is 6.95. The minimum absolute atomic E-state index is 0.0441. The number of nitrogens with zero attached hydrogens (tertiary/aromatic N) is 3. The summed E-state index contributed by atoms with van der Waals surface area (Å²) < 4.78 is 7.49. The van der Waals surface area contributed by atoms with E-state index in [0.717, 1.165) is 24.4 Å². The zero-order valence-electron chi connectivity index (χ0n) is 11.8. The van der Waals surface area contributed by atoms with Gasteiger partial charge in [-0.15, -0.1) is 0 Å². The molecule has 2 heterocycles. The first-order valence-electron chi connectivity index (χ1n) is 6.95. The number of rotatable bonds is 1. The van der Waals surface area contributed by atoms with E-state index in [0.29, 0.717) is 6.61 Å². The monoisotopic (exact) mass is 267 g/mol. The second-order valence-electron chi connectivity index (χ2n) is 5.82. The van der Waals surface area contributed by atoms with E-state index in [1.807, 2.05) is 30.9 Å². The third-order valence-corrected chi connectivity index (χ3v) is 4.31. The molecule has 0 N–H and O–H groups in total. The van der Waals surface area contributed by atoms with Crippen LogP contribution in [0.25, 0.3) is 11.3 Å². The zero-order valence-corrected chi connectivity index (χ0v) is 11.8. The van der Waals surface area contributed by atoms with Crippen LogP contribution in [0.4, 0.5) is 0 Å². The zero-order chi connectivity index (χ0) is 13.7. The van der Waals surface area contributed by atoms with E-state index in [1.165, 1.54) is 16.7 Å². The van der Waals surface area contributed by atoms with Crippen LogP contribution in [0, 0.1) is 0 Å². The molecule has 1 aromatic carbocycles. The first-order chi connectivity index (χ1) is 9.65. The smallest absolute Gasteiger partial charge is 0.180 e. The molecule has 0 bridgehead atoms. The van der Waals surface area contributed by atoms with Crippen LogP contribution in [0.2, 0.25) is 0 Å². The predicted octanol–water partition coefficient (Wildman–Crippen LogP) is 2.37. The number of benzene rings is 1. The minimum atomic E-state index is -0.0441. The summed E-state index contributed by atoms with van der Waals surface area (Å²) in [5.41, 5.74) is 5.12. The molecule has 1 spiro atoms. The van der Waals surface area contributed by atoms with Gasteiger partial charge in [-0.1, -0.05) is 12.1 Å². The number of aliphatic imine (C=N–C) groups is 1. The Morgan fingerprint density at radius 2 is 2.05 bits per heavy atom. The van der Waals surface area contributed by atoms with Crippen LogP contribution in [0.1, 0.15) is 18.1 Å². The van der Waals surface area contributed by atoms with Crippen molar-refractivity contribution >= 4 is 5.90 Å². The van der Waals surface area contributed by atoms with Gasteiger partial charge in [-0.3, -0.25) is 4.68 Å². The Kier molecular flexibility index (Phi) is 2.31. The Balaban J connectivity index is 1.72. The third kappa shape index (κ3) is 1.68. The molecule has 4 heteroatoms. The summed E-state index contributed by atoms with van der Waals surface area (Å²) in [5.74, 6) is 0.824. The summed E-state index contributed by atoms with van der Waals surface area (Å²) in [5, 5.41) is 4.24. The quantitative estimate of drug-likeness (QED) is 0.795. The summed E-state index contributed by atoms with van der Waals surface area (Å²) >= 11 is 0. The molecule has 0 radical (unpaired) electrons. The van der Waals surface area contributed by atoms with Gasteiger partial charge in [-0.25, -0.2) is 4.99 Å². The van der Waals surface area contributed by atoms with E-state index in [1.54, 1.807) is 0 Å². The lowest BCUT2D eigenvalue weighted by Crippen LogP contribution is -2.28. The average molecular weight is 267 g/mol. The van der Waals surface area contributed by atoms with Crippen molar-refractivity contribution in [2.45, 2.75) is 25.3 Å². The van der Waals surface area contributed by atoms with Crippen molar-refractivity contribution in [2.75, 3.05) is 6.61 Å². The number of fused-ring (bicyclic) bond motifs is 1. The van der Waals surface area contributed by atoms with Gasteiger partial charge in [0.1, 0.15) is 12.1 Å². The standard InChI is InChI=1S/C16H17N3O/c1-11-18-16(10-20-11)8-13-4-3-12(7-14(13)9-16)15-5-6-17-19(15)2/h3-7H,8-10H2,1-2H3. The molecule has 1 atom stereocenters. The number of ether oxygens (including phenoxy) is 1. The molecule has 102 valence electrons. The topological polar surface area (TPSA) is 39.4 Å². The molecule has 4 rings (SSSR count). The Hall–Kier alpha value is -2.10. The largest absolute Gasteiger partial charge is 0.479 e. The van der Waals surface area contributed by atoms with Crippen LogP contribution < -0.4 is 0 Å². The third-order valence-electron chi connectivity index (χ3n) is 4.31. The van der Waals surface area contributed by atoms with Gasteiger partial charge in [0, 0.05) is 38.6 Å². The molecule has 1 aliphatic carbocycles. The molecule has 1 aliphatic heterocycles. The van der Waals surface area contributed by atoms with Crippen molar-refractivity contribution in [2.24, 2.45) is 12.0 Å². The van der Waals surface area contributed by atoms with Gasteiger partial charge in [0.2, 0.25) is 0 Å². The van der Waals surface area contributed by atoms with Crippen LogP contribution in [-0.2, 0) is 24.6 Å². The van der Waals surface area contributed by atoms with E-state index in [2.05, 4.69) is 23.3 Å². The molecule has 0 saturated carbocycles. The maximum Gasteiger partial charge on any atom is 0.180 e. The Morgan fingerprint density at radius 1 is 1.20 bits per heavy atom. The highest BCUT2D eigenvalue weighted by molar-refractivity contribution is 5.76. The lowest BCUT2D eigenvalue weighted by atomic mass is 9.99. The summed E-state index contributed by atoms with van der Waals surface area (Å²) in [6.07, 6.45) is 3.80. The number of aryl methyl sites for hydroxylation is 1. The van der Waals surface area contributed by atoms with Crippen LogP contribution >= 0.6 is 0 Å². The van der Waals surface area contributed by atoms with E-state index in [4.69, 9.17) is 9.73 Å². The second-order valence-corrected chi connectivity index (χ2v) is 5.82. The van der Waals surface area contributed by atoms with E-state index in [9.17, 15) is 0 Å². The van der Waals surface area contributed by atoms with E-state index >= 15 is 0 Å². The highest BCUT2D eigenvalue weighted by Gasteiger charge is 2.41. The minimum Gasteiger partial charge on any atom is -0.479 e. The van der Waals surface area contributed by atoms with Gasteiger partial charge >= 0.3 is 0 Å². The average Bonchev–Trinajstić information content (AvgIpc) is 3.08. The van der Waals surface area contributed by atoms with Gasteiger partial charge in [0.05, 0.1) is 5.69 Å². The fraction of sp³-hybridized carbons (Fsp3) is 0.375.